The molecule has 18 heavy (non-hydrogen) atoms. The van der Waals surface area contributed by atoms with Crippen LogP contribution in [0.5, 0.6) is 5.75 Å². The molecule has 1 unspecified atom stereocenters. The van der Waals surface area contributed by atoms with Gasteiger partial charge in [-0.15, -0.1) is 0 Å². The molecule has 1 saturated carbocycles. The van der Waals surface area contributed by atoms with Crippen molar-refractivity contribution in [3.8, 4) is 5.75 Å². The second-order valence-electron chi connectivity index (χ2n) is 4.82. The van der Waals surface area contributed by atoms with Crippen molar-refractivity contribution in [2.75, 3.05) is 6.61 Å². The van der Waals surface area contributed by atoms with Crippen LogP contribution in [0.3, 0.4) is 0 Å². The number of carbonyl (C=O) groups is 1. The van der Waals surface area contributed by atoms with E-state index in [1.54, 1.807) is 0 Å². The van der Waals surface area contributed by atoms with E-state index in [0.717, 1.165) is 24.2 Å². The number of ether oxygens (including phenoxy) is 1. The van der Waals surface area contributed by atoms with E-state index in [1.165, 1.54) is 0 Å². The average molecular weight is 262 g/mol. The van der Waals surface area contributed by atoms with Gasteiger partial charge in [0.25, 0.3) is 0 Å². The third-order valence-electron chi connectivity index (χ3n) is 3.66. The normalized spacial score (nSPS) is 22.8. The summed E-state index contributed by atoms with van der Waals surface area (Å²) in [5.74, 6) is 0.767. The minimum absolute atomic E-state index is 0.0692. The zero-order valence-corrected chi connectivity index (χ0v) is 10.6. The number of hydrogen-bond donors (Lipinski definition) is 2. The van der Waals surface area contributed by atoms with Crippen LogP contribution in [0, 0.1) is 5.41 Å². The fourth-order valence-electron chi connectivity index (χ4n) is 2.29. The van der Waals surface area contributed by atoms with E-state index < -0.39 is 5.41 Å². The van der Waals surface area contributed by atoms with Crippen molar-refractivity contribution in [2.45, 2.75) is 18.9 Å². The van der Waals surface area contributed by atoms with Crippen molar-refractivity contribution in [1.82, 2.24) is 5.32 Å². The number of rotatable bonds is 3. The lowest BCUT2D eigenvalue weighted by molar-refractivity contribution is -0.124. The fraction of sp³-hybridized carbons (Fsp3) is 0.385. The Labute approximate surface area is 110 Å². The number of para-hydroxylation sites is 1. The summed E-state index contributed by atoms with van der Waals surface area (Å²) in [6.45, 7) is 0.471. The molecule has 4 nitrogen and oxygen atoms in total. The van der Waals surface area contributed by atoms with Crippen molar-refractivity contribution >= 4 is 23.1 Å². The van der Waals surface area contributed by atoms with E-state index in [9.17, 15) is 4.79 Å². The molecular weight excluding hydrogens is 248 g/mol. The lowest BCUT2D eigenvalue weighted by Crippen LogP contribution is -2.41. The SMILES string of the molecule is NC(=S)C1(C(=O)NC2COc3ccccc32)CC1. The Kier molecular flexibility index (Phi) is 2.52. The number of thiocarbonyl (C=S) groups is 1. The van der Waals surface area contributed by atoms with Crippen molar-refractivity contribution in [3.63, 3.8) is 0 Å². The highest BCUT2D eigenvalue weighted by Gasteiger charge is 2.53. The van der Waals surface area contributed by atoms with E-state index in [-0.39, 0.29) is 11.9 Å². The standard InChI is InChI=1S/C13H14N2O2S/c14-11(18)13(5-6-13)12(16)15-9-7-17-10-4-2-1-3-8(9)10/h1-4,9H,5-7H2,(H2,14,18)(H,15,16). The molecule has 3 N–H and O–H groups in total. The molecule has 1 amide bonds. The van der Waals surface area contributed by atoms with Gasteiger partial charge in [0.15, 0.2) is 0 Å². The third kappa shape index (κ3) is 1.66. The lowest BCUT2D eigenvalue weighted by Gasteiger charge is -2.17. The summed E-state index contributed by atoms with van der Waals surface area (Å²) in [4.78, 5) is 12.5. The smallest absolute Gasteiger partial charge is 0.233 e. The molecule has 3 rings (SSSR count). The highest BCUT2D eigenvalue weighted by molar-refractivity contribution is 7.80. The highest BCUT2D eigenvalue weighted by atomic mass is 32.1. The van der Waals surface area contributed by atoms with Gasteiger partial charge in [-0.25, -0.2) is 0 Å². The van der Waals surface area contributed by atoms with Crippen LogP contribution >= 0.6 is 12.2 Å². The number of benzene rings is 1. The largest absolute Gasteiger partial charge is 0.491 e. The quantitative estimate of drug-likeness (QED) is 0.806. The molecule has 0 spiro atoms. The van der Waals surface area contributed by atoms with Gasteiger partial charge >= 0.3 is 0 Å². The molecule has 1 aliphatic heterocycles. The van der Waals surface area contributed by atoms with Crippen molar-refractivity contribution < 1.29 is 9.53 Å². The van der Waals surface area contributed by atoms with Crippen molar-refractivity contribution in [2.24, 2.45) is 11.1 Å². The molecule has 1 fully saturated rings. The maximum Gasteiger partial charge on any atom is 0.233 e. The van der Waals surface area contributed by atoms with E-state index in [0.29, 0.717) is 11.6 Å². The Morgan fingerprint density at radius 2 is 2.17 bits per heavy atom. The van der Waals surface area contributed by atoms with Crippen LogP contribution in [0.1, 0.15) is 24.4 Å². The lowest BCUT2D eigenvalue weighted by atomic mass is 10.0. The summed E-state index contributed by atoms with van der Waals surface area (Å²) in [5.41, 5.74) is 6.06. The van der Waals surface area contributed by atoms with E-state index in [2.05, 4.69) is 5.32 Å². The summed E-state index contributed by atoms with van der Waals surface area (Å²) >= 11 is 4.97. The zero-order valence-electron chi connectivity index (χ0n) is 9.81. The number of nitrogens with one attached hydrogen (secondary N) is 1. The molecule has 5 heteroatoms. The number of nitrogens with two attached hydrogens (primary N) is 1. The first kappa shape index (κ1) is 11.5. The molecule has 0 saturated heterocycles. The molecule has 0 bridgehead atoms. The van der Waals surface area contributed by atoms with Crippen molar-refractivity contribution in [3.05, 3.63) is 29.8 Å². The second kappa shape index (κ2) is 3.95. The van der Waals surface area contributed by atoms with Gasteiger partial charge in [0, 0.05) is 5.56 Å². The van der Waals surface area contributed by atoms with Gasteiger partial charge in [-0.1, -0.05) is 30.4 Å². The van der Waals surface area contributed by atoms with Gasteiger partial charge in [-0.05, 0) is 18.9 Å². The first-order chi connectivity index (χ1) is 8.63. The number of hydrogen-bond acceptors (Lipinski definition) is 3. The van der Waals surface area contributed by atoms with Crippen LogP contribution in [0.15, 0.2) is 24.3 Å². The highest BCUT2D eigenvalue weighted by Crippen LogP contribution is 2.47. The molecule has 0 aromatic heterocycles. The van der Waals surface area contributed by atoms with Gasteiger partial charge in [0.05, 0.1) is 16.4 Å². The maximum absolute atomic E-state index is 12.2. The van der Waals surface area contributed by atoms with Gasteiger partial charge in [0.1, 0.15) is 12.4 Å². The molecular formula is C13H14N2O2S. The Balaban J connectivity index is 1.76. The summed E-state index contributed by atoms with van der Waals surface area (Å²) in [5, 5.41) is 2.99. The molecule has 1 atom stereocenters. The molecule has 2 aliphatic rings. The molecule has 94 valence electrons. The van der Waals surface area contributed by atoms with E-state index in [1.807, 2.05) is 24.3 Å². The third-order valence-corrected chi connectivity index (χ3v) is 4.05. The van der Waals surface area contributed by atoms with Crippen molar-refractivity contribution in [1.29, 1.82) is 0 Å². The maximum atomic E-state index is 12.2. The van der Waals surface area contributed by atoms with Gasteiger partial charge in [-0.3, -0.25) is 4.79 Å². The average Bonchev–Trinajstić information content (AvgIpc) is 3.09. The summed E-state index contributed by atoms with van der Waals surface area (Å²) in [7, 11) is 0. The first-order valence-electron chi connectivity index (χ1n) is 5.96. The van der Waals surface area contributed by atoms with Gasteiger partial charge < -0.3 is 15.8 Å². The first-order valence-corrected chi connectivity index (χ1v) is 6.37. The predicted octanol–water partition coefficient (Wildman–Crippen LogP) is 1.30. The van der Waals surface area contributed by atoms with E-state index >= 15 is 0 Å². The Morgan fingerprint density at radius 3 is 2.83 bits per heavy atom. The molecule has 1 aliphatic carbocycles. The molecule has 1 aromatic rings. The summed E-state index contributed by atoms with van der Waals surface area (Å²) in [6, 6.07) is 7.63. The topological polar surface area (TPSA) is 64.4 Å². The monoisotopic (exact) mass is 262 g/mol. The summed E-state index contributed by atoms with van der Waals surface area (Å²) in [6.07, 6.45) is 1.51. The molecule has 1 heterocycles. The number of fused-ring (bicyclic) bond motifs is 1. The Bertz CT molecular complexity index is 525. The summed E-state index contributed by atoms with van der Waals surface area (Å²) < 4.78 is 5.53. The zero-order chi connectivity index (χ0) is 12.8. The van der Waals surface area contributed by atoms with Crippen LogP contribution < -0.4 is 15.8 Å². The number of amides is 1. The van der Waals surface area contributed by atoms with Crippen LogP contribution in [0.4, 0.5) is 0 Å². The minimum atomic E-state index is -0.604. The van der Waals surface area contributed by atoms with Gasteiger partial charge in [-0.2, -0.15) is 0 Å². The van der Waals surface area contributed by atoms with Crippen LogP contribution in [0.2, 0.25) is 0 Å². The van der Waals surface area contributed by atoms with Crippen LogP contribution in [-0.2, 0) is 4.79 Å². The molecule has 1 aromatic carbocycles. The van der Waals surface area contributed by atoms with Crippen LogP contribution in [-0.4, -0.2) is 17.5 Å². The second-order valence-corrected chi connectivity index (χ2v) is 5.26. The Morgan fingerprint density at radius 1 is 1.44 bits per heavy atom. The van der Waals surface area contributed by atoms with E-state index in [4.69, 9.17) is 22.7 Å². The Hall–Kier alpha value is -1.62. The predicted molar refractivity (Wildman–Crippen MR) is 71.3 cm³/mol. The fourth-order valence-corrected chi connectivity index (χ4v) is 2.59. The van der Waals surface area contributed by atoms with Crippen LogP contribution in [0.25, 0.3) is 0 Å². The van der Waals surface area contributed by atoms with Gasteiger partial charge in [0.2, 0.25) is 5.91 Å². The molecule has 0 radical (unpaired) electrons. The minimum Gasteiger partial charge on any atom is -0.491 e. The number of carbonyl (C=O) groups excluding carboxylic acids is 1.